The number of aliphatic hydroxyl groups is 1. The number of carbonyl (C=O) groups is 1. The molecule has 0 bridgehead atoms. The third-order valence-corrected chi connectivity index (χ3v) is 4.58. The van der Waals surface area contributed by atoms with Crippen LogP contribution < -0.4 is 5.32 Å². The molecule has 3 heteroatoms. The predicted octanol–water partition coefficient (Wildman–Crippen LogP) is 4.19. The summed E-state index contributed by atoms with van der Waals surface area (Å²) >= 11 is 0. The Bertz CT molecular complexity index is 792. The molecule has 0 spiro atoms. The van der Waals surface area contributed by atoms with Crippen molar-refractivity contribution in [2.24, 2.45) is 0 Å². The van der Waals surface area contributed by atoms with E-state index in [1.807, 2.05) is 91.0 Å². The van der Waals surface area contributed by atoms with Crippen molar-refractivity contribution in [3.63, 3.8) is 0 Å². The summed E-state index contributed by atoms with van der Waals surface area (Å²) in [6.07, 6.45) is 0.338. The highest BCUT2D eigenvalue weighted by Gasteiger charge is 2.35. The Morgan fingerprint density at radius 3 is 1.69 bits per heavy atom. The maximum absolute atomic E-state index is 11.8. The van der Waals surface area contributed by atoms with E-state index in [-0.39, 0.29) is 11.9 Å². The summed E-state index contributed by atoms with van der Waals surface area (Å²) in [7, 11) is 0. The van der Waals surface area contributed by atoms with Gasteiger partial charge in [0, 0.05) is 13.3 Å². The second-order valence-corrected chi connectivity index (χ2v) is 6.46. The van der Waals surface area contributed by atoms with Gasteiger partial charge in [0.05, 0.1) is 6.04 Å². The van der Waals surface area contributed by atoms with E-state index in [1.165, 1.54) is 6.92 Å². The van der Waals surface area contributed by atoms with Crippen LogP contribution in [0, 0.1) is 0 Å². The minimum atomic E-state index is -1.22. The third-order valence-electron chi connectivity index (χ3n) is 4.58. The quantitative estimate of drug-likeness (QED) is 0.704. The summed E-state index contributed by atoms with van der Waals surface area (Å²) in [4.78, 5) is 11.8. The number of benzene rings is 3. The topological polar surface area (TPSA) is 49.3 Å². The standard InChI is InChI=1S/C23H23NO2/c1-18(25)24-22(19-11-5-2-6-12-19)17-23(26,20-13-7-3-8-14-20)21-15-9-4-10-16-21/h2-16,22,26H,17H2,1H3,(H,24,25). The van der Waals surface area contributed by atoms with Gasteiger partial charge in [0.25, 0.3) is 0 Å². The molecule has 0 aliphatic heterocycles. The molecule has 3 nitrogen and oxygen atoms in total. The molecule has 0 heterocycles. The molecule has 1 amide bonds. The van der Waals surface area contributed by atoms with Crippen LogP contribution in [0.1, 0.15) is 36.1 Å². The number of carbonyl (C=O) groups excluding carboxylic acids is 1. The number of hydrogen-bond acceptors (Lipinski definition) is 2. The van der Waals surface area contributed by atoms with Crippen LogP contribution in [-0.4, -0.2) is 11.0 Å². The lowest BCUT2D eigenvalue weighted by Gasteiger charge is -2.33. The van der Waals surface area contributed by atoms with Crippen molar-refractivity contribution >= 4 is 5.91 Å². The molecule has 0 saturated carbocycles. The van der Waals surface area contributed by atoms with E-state index in [0.717, 1.165) is 16.7 Å². The zero-order chi connectivity index (χ0) is 18.4. The lowest BCUT2D eigenvalue weighted by Crippen LogP contribution is -2.36. The molecule has 1 unspecified atom stereocenters. The molecule has 3 aromatic rings. The molecule has 0 saturated heterocycles. The Morgan fingerprint density at radius 1 is 0.846 bits per heavy atom. The molecule has 0 fully saturated rings. The van der Waals surface area contributed by atoms with Gasteiger partial charge in [0.15, 0.2) is 0 Å². The Kier molecular flexibility index (Phi) is 5.49. The van der Waals surface area contributed by atoms with E-state index in [9.17, 15) is 9.90 Å². The maximum Gasteiger partial charge on any atom is 0.217 e. The van der Waals surface area contributed by atoms with Gasteiger partial charge in [0.1, 0.15) is 5.60 Å². The maximum atomic E-state index is 11.8. The fraction of sp³-hybridized carbons (Fsp3) is 0.174. The monoisotopic (exact) mass is 345 g/mol. The van der Waals surface area contributed by atoms with Gasteiger partial charge < -0.3 is 10.4 Å². The molecule has 0 aliphatic rings. The Balaban J connectivity index is 2.05. The summed E-state index contributed by atoms with van der Waals surface area (Å²) in [5, 5.41) is 14.7. The van der Waals surface area contributed by atoms with Gasteiger partial charge in [-0.1, -0.05) is 91.0 Å². The van der Waals surface area contributed by atoms with Gasteiger partial charge in [-0.25, -0.2) is 0 Å². The van der Waals surface area contributed by atoms with Crippen LogP contribution >= 0.6 is 0 Å². The van der Waals surface area contributed by atoms with Crippen LogP contribution in [0.3, 0.4) is 0 Å². The van der Waals surface area contributed by atoms with E-state index < -0.39 is 5.60 Å². The molecule has 0 aliphatic carbocycles. The molecule has 2 N–H and O–H groups in total. The molecule has 0 aromatic heterocycles. The van der Waals surface area contributed by atoms with Crippen molar-refractivity contribution in [2.45, 2.75) is 25.0 Å². The van der Waals surface area contributed by atoms with Crippen molar-refractivity contribution in [3.8, 4) is 0 Å². The molecule has 3 rings (SSSR count). The van der Waals surface area contributed by atoms with Crippen LogP contribution in [0.25, 0.3) is 0 Å². The van der Waals surface area contributed by atoms with E-state index in [1.54, 1.807) is 0 Å². The highest BCUT2D eigenvalue weighted by atomic mass is 16.3. The predicted molar refractivity (Wildman–Crippen MR) is 103 cm³/mol. The summed E-state index contributed by atoms with van der Waals surface area (Å²) in [6, 6.07) is 28.6. The number of amides is 1. The molecular formula is C23H23NO2. The summed E-state index contributed by atoms with van der Waals surface area (Å²) in [5.41, 5.74) is 1.36. The lowest BCUT2D eigenvalue weighted by molar-refractivity contribution is -0.120. The first-order chi connectivity index (χ1) is 12.6. The van der Waals surface area contributed by atoms with Gasteiger partial charge in [0.2, 0.25) is 5.91 Å². The fourth-order valence-corrected chi connectivity index (χ4v) is 3.31. The van der Waals surface area contributed by atoms with Gasteiger partial charge >= 0.3 is 0 Å². The first-order valence-electron chi connectivity index (χ1n) is 8.75. The molecule has 0 radical (unpaired) electrons. The summed E-state index contributed by atoms with van der Waals surface area (Å²) in [5.74, 6) is -0.123. The normalized spacial score (nSPS) is 12.4. The highest BCUT2D eigenvalue weighted by Crippen LogP contribution is 2.37. The van der Waals surface area contributed by atoms with Crippen molar-refractivity contribution in [3.05, 3.63) is 108 Å². The van der Waals surface area contributed by atoms with Crippen LogP contribution in [0.5, 0.6) is 0 Å². The van der Waals surface area contributed by atoms with Crippen LogP contribution in [0.2, 0.25) is 0 Å². The fourth-order valence-electron chi connectivity index (χ4n) is 3.31. The number of rotatable bonds is 6. The molecule has 132 valence electrons. The summed E-state index contributed by atoms with van der Waals surface area (Å²) in [6.45, 7) is 1.50. The Morgan fingerprint density at radius 2 is 1.27 bits per heavy atom. The van der Waals surface area contributed by atoms with E-state index in [0.29, 0.717) is 6.42 Å². The lowest BCUT2D eigenvalue weighted by atomic mass is 9.80. The molecular weight excluding hydrogens is 322 g/mol. The van der Waals surface area contributed by atoms with Crippen molar-refractivity contribution in [2.75, 3.05) is 0 Å². The van der Waals surface area contributed by atoms with Crippen LogP contribution in [0.4, 0.5) is 0 Å². The van der Waals surface area contributed by atoms with Crippen molar-refractivity contribution in [1.82, 2.24) is 5.32 Å². The molecule has 26 heavy (non-hydrogen) atoms. The minimum absolute atomic E-state index is 0.123. The van der Waals surface area contributed by atoms with Gasteiger partial charge in [-0.2, -0.15) is 0 Å². The van der Waals surface area contributed by atoms with Gasteiger partial charge in [-0.15, -0.1) is 0 Å². The van der Waals surface area contributed by atoms with E-state index in [4.69, 9.17) is 0 Å². The smallest absolute Gasteiger partial charge is 0.217 e. The SMILES string of the molecule is CC(=O)NC(CC(O)(c1ccccc1)c1ccccc1)c1ccccc1. The third kappa shape index (κ3) is 4.01. The zero-order valence-corrected chi connectivity index (χ0v) is 14.8. The Labute approximate surface area is 154 Å². The van der Waals surface area contributed by atoms with Crippen molar-refractivity contribution in [1.29, 1.82) is 0 Å². The molecule has 1 atom stereocenters. The van der Waals surface area contributed by atoms with Crippen LogP contribution in [-0.2, 0) is 10.4 Å². The second kappa shape index (κ2) is 7.98. The first kappa shape index (κ1) is 17.9. The van der Waals surface area contributed by atoms with E-state index >= 15 is 0 Å². The highest BCUT2D eigenvalue weighted by molar-refractivity contribution is 5.73. The number of nitrogens with one attached hydrogen (secondary N) is 1. The zero-order valence-electron chi connectivity index (χ0n) is 14.8. The largest absolute Gasteiger partial charge is 0.380 e. The van der Waals surface area contributed by atoms with Gasteiger partial charge in [-0.05, 0) is 16.7 Å². The van der Waals surface area contributed by atoms with Crippen molar-refractivity contribution < 1.29 is 9.90 Å². The average Bonchev–Trinajstić information content (AvgIpc) is 2.69. The average molecular weight is 345 g/mol. The number of hydrogen-bond donors (Lipinski definition) is 2. The molecule has 3 aromatic carbocycles. The minimum Gasteiger partial charge on any atom is -0.380 e. The van der Waals surface area contributed by atoms with Gasteiger partial charge in [-0.3, -0.25) is 4.79 Å². The van der Waals surface area contributed by atoms with Crippen LogP contribution in [0.15, 0.2) is 91.0 Å². The first-order valence-corrected chi connectivity index (χ1v) is 8.75. The second-order valence-electron chi connectivity index (χ2n) is 6.46. The van der Waals surface area contributed by atoms with E-state index in [2.05, 4.69) is 5.32 Å². The summed E-state index contributed by atoms with van der Waals surface area (Å²) < 4.78 is 0. The Hall–Kier alpha value is -2.91.